The zero-order valence-electron chi connectivity index (χ0n) is 17.0. The lowest BCUT2D eigenvalue weighted by atomic mass is 9.83. The number of nitroso groups, excluding NO2 is 2. The van der Waals surface area contributed by atoms with Gasteiger partial charge < -0.3 is 4.84 Å². The monoisotopic (exact) mass is 381 g/mol. The second kappa shape index (κ2) is 9.37. The Balaban J connectivity index is 2.82. The van der Waals surface area contributed by atoms with Crippen molar-refractivity contribution in [1.29, 1.82) is 0 Å². The highest BCUT2D eigenvalue weighted by molar-refractivity contribution is 5.88. The minimum absolute atomic E-state index is 0.0532. The van der Waals surface area contributed by atoms with E-state index in [-0.39, 0.29) is 17.1 Å². The topological polar surface area (TPSA) is 94.1 Å². The number of rotatable bonds is 8. The summed E-state index contributed by atoms with van der Waals surface area (Å²) in [5.74, 6) is 6.19. The molecule has 6 heteroatoms. The molecular weight excluding hydrogens is 354 g/mol. The third kappa shape index (κ3) is 4.34. The van der Waals surface area contributed by atoms with E-state index in [1.54, 1.807) is 6.07 Å². The lowest BCUT2D eigenvalue weighted by Crippen LogP contribution is -2.05. The Hall–Kier alpha value is -2.86. The third-order valence-corrected chi connectivity index (χ3v) is 4.81. The van der Waals surface area contributed by atoms with Gasteiger partial charge >= 0.3 is 0 Å². The average molecular weight is 381 g/mol. The summed E-state index contributed by atoms with van der Waals surface area (Å²) >= 11 is 0. The number of hydrogen-bond acceptors (Lipinski definition) is 6. The van der Waals surface area contributed by atoms with E-state index >= 15 is 0 Å². The number of allylic oxidation sites excluding steroid dienone is 1. The summed E-state index contributed by atoms with van der Waals surface area (Å²) < 4.78 is 0. The van der Waals surface area contributed by atoms with Gasteiger partial charge in [0.15, 0.2) is 11.4 Å². The number of nitrogens with zero attached hydrogens (tertiary/aromatic N) is 2. The van der Waals surface area contributed by atoms with Crippen LogP contribution in [-0.4, -0.2) is 0 Å². The molecular formula is C22H27N3O3. The van der Waals surface area contributed by atoms with Crippen molar-refractivity contribution < 1.29 is 4.84 Å². The fourth-order valence-electron chi connectivity index (χ4n) is 3.44. The van der Waals surface area contributed by atoms with Crippen molar-refractivity contribution in [3.05, 3.63) is 62.4 Å². The van der Waals surface area contributed by atoms with Crippen LogP contribution in [0.1, 0.15) is 75.1 Å². The SMILES string of the molecule is CC/C(=C\c1cc(N=O)cc(N=O)c1ON)c1c(C(C)C)cccc1C(C)C. The van der Waals surface area contributed by atoms with Crippen LogP contribution in [0.2, 0.25) is 0 Å². The van der Waals surface area contributed by atoms with Crippen LogP contribution in [0, 0.1) is 9.81 Å². The van der Waals surface area contributed by atoms with Gasteiger partial charge in [0.05, 0.1) is 0 Å². The zero-order chi connectivity index (χ0) is 20.8. The first-order chi connectivity index (χ1) is 13.4. The van der Waals surface area contributed by atoms with Gasteiger partial charge in [-0.05, 0) is 63.0 Å². The largest absolute Gasteiger partial charge is 0.408 e. The Kier molecular flexibility index (Phi) is 7.18. The average Bonchev–Trinajstić information content (AvgIpc) is 2.70. The van der Waals surface area contributed by atoms with Gasteiger partial charge in [-0.2, -0.15) is 5.90 Å². The quantitative estimate of drug-likeness (QED) is 0.304. The Bertz CT molecular complexity index is 876. The summed E-state index contributed by atoms with van der Waals surface area (Å²) in [7, 11) is 0. The molecule has 0 amide bonds. The third-order valence-electron chi connectivity index (χ3n) is 4.81. The van der Waals surface area contributed by atoms with Crippen molar-refractivity contribution in [2.75, 3.05) is 0 Å². The van der Waals surface area contributed by atoms with Gasteiger partial charge in [-0.25, -0.2) is 0 Å². The molecule has 0 radical (unpaired) electrons. The van der Waals surface area contributed by atoms with Crippen molar-refractivity contribution in [1.82, 2.24) is 0 Å². The van der Waals surface area contributed by atoms with Crippen LogP contribution in [0.4, 0.5) is 11.4 Å². The highest BCUT2D eigenvalue weighted by Gasteiger charge is 2.18. The van der Waals surface area contributed by atoms with E-state index < -0.39 is 0 Å². The maximum Gasteiger partial charge on any atom is 0.183 e. The first kappa shape index (κ1) is 21.4. The predicted molar refractivity (Wildman–Crippen MR) is 115 cm³/mol. The molecule has 0 aliphatic rings. The standard InChI is InChI=1S/C22H27N3O3/c1-6-15(21-18(13(2)3)8-7-9-19(21)14(4)5)10-16-11-17(24-26)12-20(25-27)22(16)28-23/h7-14H,6,23H2,1-5H3/b15-10+. The number of hydrogen-bond donors (Lipinski definition) is 1. The Morgan fingerprint density at radius 2 is 1.68 bits per heavy atom. The van der Waals surface area contributed by atoms with Crippen LogP contribution in [0.25, 0.3) is 11.6 Å². The van der Waals surface area contributed by atoms with E-state index in [2.05, 4.69) is 63.2 Å². The van der Waals surface area contributed by atoms with E-state index in [4.69, 9.17) is 10.7 Å². The Morgan fingerprint density at radius 3 is 2.11 bits per heavy atom. The van der Waals surface area contributed by atoms with Crippen molar-refractivity contribution in [2.45, 2.75) is 52.9 Å². The molecule has 0 aliphatic carbocycles. The van der Waals surface area contributed by atoms with E-state index in [0.717, 1.165) is 12.0 Å². The maximum atomic E-state index is 11.2. The molecule has 0 atom stereocenters. The molecule has 0 heterocycles. The van der Waals surface area contributed by atoms with Crippen molar-refractivity contribution in [3.63, 3.8) is 0 Å². The molecule has 0 fully saturated rings. The second-order valence-electron chi connectivity index (χ2n) is 7.33. The van der Waals surface area contributed by atoms with E-state index in [1.165, 1.54) is 22.8 Å². The van der Waals surface area contributed by atoms with Crippen LogP contribution >= 0.6 is 0 Å². The summed E-state index contributed by atoms with van der Waals surface area (Å²) in [4.78, 5) is 27.1. The van der Waals surface area contributed by atoms with Crippen molar-refractivity contribution >= 4 is 23.0 Å². The molecule has 0 unspecified atom stereocenters. The highest BCUT2D eigenvalue weighted by atomic mass is 16.6. The van der Waals surface area contributed by atoms with Gasteiger partial charge in [0.25, 0.3) is 0 Å². The van der Waals surface area contributed by atoms with E-state index in [9.17, 15) is 9.81 Å². The summed E-state index contributed by atoms with van der Waals surface area (Å²) in [6.45, 7) is 10.7. The molecule has 0 saturated heterocycles. The molecule has 28 heavy (non-hydrogen) atoms. The minimum Gasteiger partial charge on any atom is -0.408 e. The first-order valence-corrected chi connectivity index (χ1v) is 9.43. The number of benzene rings is 2. The Labute approximate surface area is 165 Å². The van der Waals surface area contributed by atoms with Crippen LogP contribution in [-0.2, 0) is 0 Å². The molecule has 0 aromatic heterocycles. The van der Waals surface area contributed by atoms with Crippen LogP contribution in [0.3, 0.4) is 0 Å². The smallest absolute Gasteiger partial charge is 0.183 e. The minimum atomic E-state index is -0.0532. The lowest BCUT2D eigenvalue weighted by molar-refractivity contribution is 0.335. The maximum absolute atomic E-state index is 11.2. The summed E-state index contributed by atoms with van der Waals surface area (Å²) in [5, 5.41) is 5.86. The second-order valence-corrected chi connectivity index (χ2v) is 7.33. The molecule has 2 aromatic rings. The predicted octanol–water partition coefficient (Wildman–Crippen LogP) is 6.93. The van der Waals surface area contributed by atoms with Gasteiger partial charge in [0, 0.05) is 11.6 Å². The molecule has 6 nitrogen and oxygen atoms in total. The molecule has 0 spiro atoms. The summed E-state index contributed by atoms with van der Waals surface area (Å²) in [6.07, 6.45) is 2.65. The summed E-state index contributed by atoms with van der Waals surface area (Å²) in [5.41, 5.74) is 5.27. The fraction of sp³-hybridized carbons (Fsp3) is 0.364. The molecule has 0 saturated carbocycles. The summed E-state index contributed by atoms with van der Waals surface area (Å²) in [6, 6.07) is 9.16. The van der Waals surface area contributed by atoms with Gasteiger partial charge in [-0.1, -0.05) is 52.8 Å². The van der Waals surface area contributed by atoms with Gasteiger partial charge in [0.1, 0.15) is 5.69 Å². The van der Waals surface area contributed by atoms with Crippen LogP contribution in [0.15, 0.2) is 40.7 Å². The van der Waals surface area contributed by atoms with Crippen LogP contribution < -0.4 is 10.7 Å². The van der Waals surface area contributed by atoms with E-state index in [0.29, 0.717) is 17.4 Å². The highest BCUT2D eigenvalue weighted by Crippen LogP contribution is 2.40. The lowest BCUT2D eigenvalue weighted by Gasteiger charge is -2.22. The number of nitrogens with two attached hydrogens (primary N) is 1. The van der Waals surface area contributed by atoms with Crippen molar-refractivity contribution in [2.24, 2.45) is 16.3 Å². The van der Waals surface area contributed by atoms with Crippen molar-refractivity contribution in [3.8, 4) is 5.75 Å². The Morgan fingerprint density at radius 1 is 1.07 bits per heavy atom. The normalized spacial score (nSPS) is 11.8. The molecule has 0 aliphatic heterocycles. The van der Waals surface area contributed by atoms with E-state index in [1.807, 2.05) is 6.08 Å². The first-order valence-electron chi connectivity index (χ1n) is 9.43. The van der Waals surface area contributed by atoms with Gasteiger partial charge in [-0.15, -0.1) is 9.81 Å². The fourth-order valence-corrected chi connectivity index (χ4v) is 3.44. The van der Waals surface area contributed by atoms with Gasteiger partial charge in [0.2, 0.25) is 0 Å². The zero-order valence-corrected chi connectivity index (χ0v) is 17.0. The van der Waals surface area contributed by atoms with Gasteiger partial charge in [-0.3, -0.25) is 0 Å². The molecule has 148 valence electrons. The molecule has 2 rings (SSSR count). The molecule has 2 N–H and O–H groups in total. The van der Waals surface area contributed by atoms with Crippen LogP contribution in [0.5, 0.6) is 5.75 Å². The molecule has 2 aromatic carbocycles. The molecule has 0 bridgehead atoms.